The minimum atomic E-state index is -0.867. The molecule has 0 aromatic heterocycles. The number of aliphatic hydroxyl groups is 2. The Hall–Kier alpha value is -0.950. The van der Waals surface area contributed by atoms with Gasteiger partial charge < -0.3 is 15.3 Å². The van der Waals surface area contributed by atoms with E-state index in [9.17, 15) is 20.1 Å². The number of hydrogen-bond donors (Lipinski definition) is 3. The van der Waals surface area contributed by atoms with Crippen LogP contribution in [0.2, 0.25) is 0 Å². The fourth-order valence-electron chi connectivity index (χ4n) is 5.08. The quantitative estimate of drug-likeness (QED) is 0.0852. The summed E-state index contributed by atoms with van der Waals surface area (Å²) >= 11 is 0. The van der Waals surface area contributed by atoms with Crippen LogP contribution in [0, 0.1) is 0 Å². The molecule has 1 atom stereocenters. The predicted molar refractivity (Wildman–Crippen MR) is 138 cm³/mol. The molecule has 1 unspecified atom stereocenters. The molecule has 33 heavy (non-hydrogen) atoms. The van der Waals surface area contributed by atoms with Crippen molar-refractivity contribution in [1.82, 2.24) is 0 Å². The number of carboxylic acids is 1. The number of unbranched alkanes of at least 4 members (excludes halogenated alkanes) is 12. The Kier molecular flexibility index (Phi) is 18.8. The third-order valence-corrected chi connectivity index (χ3v) is 6.68. The van der Waals surface area contributed by atoms with Crippen molar-refractivity contribution in [2.75, 3.05) is 54.0 Å². The molecule has 196 valence electrons. The molecule has 0 saturated carbocycles. The molecule has 0 fully saturated rings. The van der Waals surface area contributed by atoms with E-state index in [0.717, 1.165) is 19.3 Å². The summed E-state index contributed by atoms with van der Waals surface area (Å²) in [5.41, 5.74) is 0. The number of allylic oxidation sites excluding steroid dienone is 2. The second kappa shape index (κ2) is 19.4. The van der Waals surface area contributed by atoms with Crippen LogP contribution in [0.25, 0.3) is 0 Å². The van der Waals surface area contributed by atoms with Crippen molar-refractivity contribution in [3.05, 3.63) is 12.2 Å². The van der Waals surface area contributed by atoms with Crippen LogP contribution in [0.5, 0.6) is 0 Å². The van der Waals surface area contributed by atoms with Gasteiger partial charge in [0.15, 0.2) is 0 Å². The number of carboxylic acid groups (broad SMARTS) is 1. The number of likely N-dealkylation sites (N-methyl/N-ethyl adjacent to an activating group) is 1. The van der Waals surface area contributed by atoms with Crippen LogP contribution in [0.3, 0.4) is 0 Å². The van der Waals surface area contributed by atoms with Crippen molar-refractivity contribution in [2.45, 2.75) is 103 Å². The van der Waals surface area contributed by atoms with Crippen molar-refractivity contribution in [3.63, 3.8) is 0 Å². The third kappa shape index (κ3) is 14.8. The van der Waals surface area contributed by atoms with Gasteiger partial charge in [0, 0.05) is 0 Å². The lowest BCUT2D eigenvalue weighted by atomic mass is 10.1. The molecular formula is C27H56N2O4+2. The van der Waals surface area contributed by atoms with Crippen LogP contribution in [0.4, 0.5) is 0 Å². The molecule has 0 aromatic carbocycles. The van der Waals surface area contributed by atoms with Crippen molar-refractivity contribution < 1.29 is 29.1 Å². The van der Waals surface area contributed by atoms with Gasteiger partial charge in [0.2, 0.25) is 0 Å². The van der Waals surface area contributed by atoms with Gasteiger partial charge in [-0.3, -0.25) is 8.97 Å². The summed E-state index contributed by atoms with van der Waals surface area (Å²) in [6.45, 7) is 3.51. The first kappa shape index (κ1) is 32.0. The van der Waals surface area contributed by atoms with E-state index in [0.29, 0.717) is 19.6 Å². The van der Waals surface area contributed by atoms with Gasteiger partial charge in [0.05, 0.1) is 40.9 Å². The molecule has 0 bridgehead atoms. The molecule has 0 spiro atoms. The minimum Gasteiger partial charge on any atom is -0.472 e. The van der Waals surface area contributed by atoms with Crippen LogP contribution in [-0.4, -0.2) is 90.4 Å². The lowest BCUT2D eigenvalue weighted by Crippen LogP contribution is -2.71. The molecule has 0 aliphatic carbocycles. The maximum Gasteiger partial charge on any atom is 0.423 e. The fraction of sp³-hybridized carbons (Fsp3) is 0.889. The van der Waals surface area contributed by atoms with Crippen LogP contribution < -0.4 is 0 Å². The number of carbonyl (C=O) groups is 1. The van der Waals surface area contributed by atoms with Crippen molar-refractivity contribution in [3.8, 4) is 0 Å². The predicted octanol–water partition coefficient (Wildman–Crippen LogP) is 4.94. The zero-order valence-electron chi connectivity index (χ0n) is 22.3. The average Bonchev–Trinajstić information content (AvgIpc) is 2.72. The molecule has 0 amide bonds. The Bertz CT molecular complexity index is 497. The number of nitrogens with zero attached hydrogens (tertiary/aromatic N) is 2. The standard InChI is InChI=1S/C27H55N2O4/c1-5-6-7-8-9-10-11-12-13-14-15-16-17-18-19-20-21-29(22-24-30,23-25-31)26(27(32)33)28(2,3)4/h12-13,26,30-31H,5-11,14-25H2,1-4H3/q+1/p+1/b13-12-. The first-order chi connectivity index (χ1) is 15.7. The van der Waals surface area contributed by atoms with Crippen molar-refractivity contribution in [1.29, 1.82) is 0 Å². The molecule has 6 nitrogen and oxygen atoms in total. The third-order valence-electron chi connectivity index (χ3n) is 6.68. The van der Waals surface area contributed by atoms with E-state index in [-0.39, 0.29) is 22.2 Å². The molecule has 0 aliphatic heterocycles. The monoisotopic (exact) mass is 472 g/mol. The van der Waals surface area contributed by atoms with Gasteiger partial charge >= 0.3 is 12.1 Å². The Labute approximate surface area is 204 Å². The van der Waals surface area contributed by atoms with Gasteiger partial charge in [-0.05, 0) is 38.5 Å². The summed E-state index contributed by atoms with van der Waals surface area (Å²) < 4.78 is 0.497. The SMILES string of the molecule is CCCCCCCC/C=C\CCCCCCCC[N+](CCO)(CCO)C(C(=O)O)[N+](C)(C)C. The molecule has 0 aromatic rings. The van der Waals surface area contributed by atoms with Crippen molar-refractivity contribution in [2.24, 2.45) is 0 Å². The highest BCUT2D eigenvalue weighted by Gasteiger charge is 2.49. The van der Waals surface area contributed by atoms with Gasteiger partial charge in [-0.25, -0.2) is 4.79 Å². The Balaban J connectivity index is 4.18. The van der Waals surface area contributed by atoms with E-state index in [2.05, 4.69) is 19.1 Å². The number of aliphatic hydroxyl groups excluding tert-OH is 2. The highest BCUT2D eigenvalue weighted by Crippen LogP contribution is 2.22. The number of hydrogen-bond acceptors (Lipinski definition) is 3. The summed E-state index contributed by atoms with van der Waals surface area (Å²) in [6.07, 6.45) is 21.4. The Morgan fingerprint density at radius 1 is 0.697 bits per heavy atom. The molecule has 6 heteroatoms. The molecule has 0 aliphatic rings. The van der Waals surface area contributed by atoms with E-state index in [1.807, 2.05) is 21.1 Å². The first-order valence-electron chi connectivity index (χ1n) is 13.5. The van der Waals surface area contributed by atoms with Gasteiger partial charge in [0.25, 0.3) is 0 Å². The lowest BCUT2D eigenvalue weighted by Gasteiger charge is -2.46. The van der Waals surface area contributed by atoms with Crippen LogP contribution in [0.1, 0.15) is 96.8 Å². The summed E-state index contributed by atoms with van der Waals surface area (Å²) in [5, 5.41) is 29.2. The fourth-order valence-corrected chi connectivity index (χ4v) is 5.08. The van der Waals surface area contributed by atoms with Crippen molar-refractivity contribution >= 4 is 5.97 Å². The van der Waals surface area contributed by atoms with E-state index in [1.165, 1.54) is 70.6 Å². The summed E-state index contributed by atoms with van der Waals surface area (Å²) in [6, 6.07) is 0. The first-order valence-corrected chi connectivity index (χ1v) is 13.5. The van der Waals surface area contributed by atoms with Crippen LogP contribution in [-0.2, 0) is 4.79 Å². The molecule has 0 saturated heterocycles. The number of aliphatic carboxylic acids is 1. The van der Waals surface area contributed by atoms with E-state index < -0.39 is 12.1 Å². The van der Waals surface area contributed by atoms with E-state index >= 15 is 0 Å². The normalized spacial score (nSPS) is 13.6. The summed E-state index contributed by atoms with van der Waals surface area (Å²) in [4.78, 5) is 12.1. The zero-order valence-corrected chi connectivity index (χ0v) is 22.3. The van der Waals surface area contributed by atoms with E-state index in [4.69, 9.17) is 0 Å². The molecule has 0 radical (unpaired) electrons. The molecule has 3 N–H and O–H groups in total. The number of quaternary nitrogens is 2. The maximum atomic E-state index is 12.1. The molecular weight excluding hydrogens is 416 g/mol. The smallest absolute Gasteiger partial charge is 0.423 e. The van der Waals surface area contributed by atoms with E-state index in [1.54, 1.807) is 0 Å². The molecule has 0 rings (SSSR count). The highest BCUT2D eigenvalue weighted by atomic mass is 16.4. The number of rotatable bonds is 23. The van der Waals surface area contributed by atoms with Gasteiger partial charge in [-0.2, -0.15) is 0 Å². The molecule has 0 heterocycles. The van der Waals surface area contributed by atoms with Crippen LogP contribution in [0.15, 0.2) is 12.2 Å². The minimum absolute atomic E-state index is 0.0733. The van der Waals surface area contributed by atoms with Gasteiger partial charge in [0.1, 0.15) is 13.1 Å². The lowest BCUT2D eigenvalue weighted by molar-refractivity contribution is -1.10. The summed E-state index contributed by atoms with van der Waals surface area (Å²) in [5.74, 6) is -0.867. The largest absolute Gasteiger partial charge is 0.472 e. The summed E-state index contributed by atoms with van der Waals surface area (Å²) in [7, 11) is 5.63. The Morgan fingerprint density at radius 3 is 1.52 bits per heavy atom. The second-order valence-electron chi connectivity index (χ2n) is 10.6. The highest BCUT2D eigenvalue weighted by molar-refractivity contribution is 5.70. The van der Waals surface area contributed by atoms with Gasteiger partial charge in [-0.15, -0.1) is 0 Å². The topological polar surface area (TPSA) is 77.8 Å². The second-order valence-corrected chi connectivity index (χ2v) is 10.6. The zero-order chi connectivity index (χ0) is 25.0. The van der Waals surface area contributed by atoms with Gasteiger partial charge in [-0.1, -0.05) is 70.4 Å². The Morgan fingerprint density at radius 2 is 1.12 bits per heavy atom. The maximum absolute atomic E-state index is 12.1. The van der Waals surface area contributed by atoms with Crippen LogP contribution >= 0.6 is 0 Å². The average molecular weight is 473 g/mol.